The highest BCUT2D eigenvalue weighted by Gasteiger charge is 2.14. The molecule has 15 heavy (non-hydrogen) atoms. The molecule has 0 unspecified atom stereocenters. The standard InChI is InChI=1S/C10H8BrNO3/c11-8-4-10-9(14-1-2-15-10)3-7(8)5-12-6-13/h3-4H,1-2,5H2. The lowest BCUT2D eigenvalue weighted by molar-refractivity contribution is 0.171. The average Bonchev–Trinajstić information content (AvgIpc) is 2.26. The van der Waals surface area contributed by atoms with E-state index in [9.17, 15) is 4.79 Å². The fraction of sp³-hybridized carbons (Fsp3) is 0.300. The van der Waals surface area contributed by atoms with Crippen LogP contribution in [0.2, 0.25) is 0 Å². The zero-order chi connectivity index (χ0) is 10.7. The molecule has 0 fully saturated rings. The van der Waals surface area contributed by atoms with Crippen molar-refractivity contribution >= 4 is 22.0 Å². The summed E-state index contributed by atoms with van der Waals surface area (Å²) >= 11 is 3.38. The number of isocyanates is 1. The third-order valence-corrected chi connectivity index (χ3v) is 2.76. The van der Waals surface area contributed by atoms with E-state index in [0.717, 1.165) is 10.0 Å². The van der Waals surface area contributed by atoms with Crippen LogP contribution in [0.4, 0.5) is 0 Å². The van der Waals surface area contributed by atoms with E-state index in [-0.39, 0.29) is 0 Å². The molecule has 5 heteroatoms. The van der Waals surface area contributed by atoms with E-state index in [4.69, 9.17) is 9.47 Å². The zero-order valence-electron chi connectivity index (χ0n) is 7.83. The number of benzene rings is 1. The van der Waals surface area contributed by atoms with Crippen LogP contribution in [-0.2, 0) is 11.3 Å². The Kier molecular flexibility index (Phi) is 3.04. The van der Waals surface area contributed by atoms with E-state index < -0.39 is 0 Å². The molecule has 78 valence electrons. The summed E-state index contributed by atoms with van der Waals surface area (Å²) in [5.74, 6) is 1.41. The second kappa shape index (κ2) is 4.47. The molecule has 0 atom stereocenters. The maximum absolute atomic E-state index is 10.0. The number of aliphatic imine (C=N–C) groups is 1. The fourth-order valence-corrected chi connectivity index (χ4v) is 1.79. The van der Waals surface area contributed by atoms with Gasteiger partial charge in [0.1, 0.15) is 13.2 Å². The fourth-order valence-electron chi connectivity index (χ4n) is 1.34. The summed E-state index contributed by atoms with van der Waals surface area (Å²) in [5.41, 5.74) is 0.877. The molecule has 1 aromatic rings. The Labute approximate surface area is 95.0 Å². The highest BCUT2D eigenvalue weighted by Crippen LogP contribution is 2.35. The summed E-state index contributed by atoms with van der Waals surface area (Å²) in [6, 6.07) is 3.64. The molecule has 4 nitrogen and oxygen atoms in total. The number of nitrogens with zero attached hydrogens (tertiary/aromatic N) is 1. The molecule has 0 N–H and O–H groups in total. The number of fused-ring (bicyclic) bond motifs is 1. The molecule has 0 aliphatic carbocycles. The van der Waals surface area contributed by atoms with Crippen LogP contribution < -0.4 is 9.47 Å². The van der Waals surface area contributed by atoms with Crippen molar-refractivity contribution in [3.05, 3.63) is 22.2 Å². The summed E-state index contributed by atoms with van der Waals surface area (Å²) in [6.45, 7) is 1.40. The molecule has 0 amide bonds. The maximum Gasteiger partial charge on any atom is 0.235 e. The van der Waals surface area contributed by atoms with Crippen LogP contribution in [0, 0.1) is 0 Å². The van der Waals surface area contributed by atoms with Crippen LogP contribution in [0.5, 0.6) is 11.5 Å². The predicted molar refractivity (Wildman–Crippen MR) is 57.0 cm³/mol. The quantitative estimate of drug-likeness (QED) is 0.610. The second-order valence-corrected chi connectivity index (χ2v) is 3.85. The molecule has 2 rings (SSSR count). The molecular formula is C10H8BrNO3. The third-order valence-electron chi connectivity index (χ3n) is 2.03. The van der Waals surface area contributed by atoms with Crippen molar-refractivity contribution in [3.63, 3.8) is 0 Å². The minimum absolute atomic E-state index is 0.292. The van der Waals surface area contributed by atoms with Crippen LogP contribution in [0.1, 0.15) is 5.56 Å². The first-order chi connectivity index (χ1) is 7.31. The molecule has 0 saturated heterocycles. The summed E-state index contributed by atoms with van der Waals surface area (Å²) < 4.78 is 11.7. The van der Waals surface area contributed by atoms with Crippen molar-refractivity contribution < 1.29 is 14.3 Å². The summed E-state index contributed by atoms with van der Waals surface area (Å²) in [4.78, 5) is 13.5. The minimum Gasteiger partial charge on any atom is -0.486 e. The normalized spacial score (nSPS) is 13.1. The number of halogens is 1. The van der Waals surface area contributed by atoms with Gasteiger partial charge in [0.2, 0.25) is 6.08 Å². The van der Waals surface area contributed by atoms with Gasteiger partial charge in [-0.3, -0.25) is 0 Å². The Morgan fingerprint density at radius 2 is 2.00 bits per heavy atom. The van der Waals surface area contributed by atoms with Crippen molar-refractivity contribution in [3.8, 4) is 11.5 Å². The van der Waals surface area contributed by atoms with E-state index >= 15 is 0 Å². The highest BCUT2D eigenvalue weighted by atomic mass is 79.9. The van der Waals surface area contributed by atoms with Crippen molar-refractivity contribution in [1.29, 1.82) is 0 Å². The molecule has 1 heterocycles. The first-order valence-corrected chi connectivity index (χ1v) is 5.22. The van der Waals surface area contributed by atoms with Crippen LogP contribution in [0.15, 0.2) is 21.6 Å². The Morgan fingerprint density at radius 3 is 2.67 bits per heavy atom. The van der Waals surface area contributed by atoms with Gasteiger partial charge in [0.15, 0.2) is 11.5 Å². The Hall–Kier alpha value is -1.32. The van der Waals surface area contributed by atoms with Gasteiger partial charge in [-0.15, -0.1) is 0 Å². The van der Waals surface area contributed by atoms with E-state index in [1.54, 1.807) is 0 Å². The lowest BCUT2D eigenvalue weighted by atomic mass is 10.2. The molecule has 0 radical (unpaired) electrons. The first kappa shape index (κ1) is 10.2. The number of ether oxygens (including phenoxy) is 2. The third kappa shape index (κ3) is 2.19. The van der Waals surface area contributed by atoms with Gasteiger partial charge in [0.25, 0.3) is 0 Å². The highest BCUT2D eigenvalue weighted by molar-refractivity contribution is 9.10. The Balaban J connectivity index is 2.35. The van der Waals surface area contributed by atoms with Gasteiger partial charge in [0, 0.05) is 4.47 Å². The van der Waals surface area contributed by atoms with E-state index in [2.05, 4.69) is 20.9 Å². The molecule has 0 aromatic heterocycles. The summed E-state index contributed by atoms with van der Waals surface area (Å²) in [7, 11) is 0. The van der Waals surface area contributed by atoms with Crippen LogP contribution in [0.25, 0.3) is 0 Å². The van der Waals surface area contributed by atoms with Crippen molar-refractivity contribution in [2.75, 3.05) is 13.2 Å². The van der Waals surface area contributed by atoms with Crippen molar-refractivity contribution in [2.45, 2.75) is 6.54 Å². The topological polar surface area (TPSA) is 47.9 Å². The van der Waals surface area contributed by atoms with Crippen molar-refractivity contribution in [1.82, 2.24) is 0 Å². The minimum atomic E-state index is 0.292. The van der Waals surface area contributed by atoms with Gasteiger partial charge in [-0.05, 0) is 17.7 Å². The van der Waals surface area contributed by atoms with Gasteiger partial charge in [0.05, 0.1) is 6.54 Å². The van der Waals surface area contributed by atoms with Gasteiger partial charge < -0.3 is 9.47 Å². The lowest BCUT2D eigenvalue weighted by Crippen LogP contribution is -2.15. The molecule has 1 aliphatic heterocycles. The molecule has 1 aromatic carbocycles. The number of rotatable bonds is 2. The average molecular weight is 270 g/mol. The van der Waals surface area contributed by atoms with Gasteiger partial charge in [-0.1, -0.05) is 15.9 Å². The molecule has 0 spiro atoms. The lowest BCUT2D eigenvalue weighted by Gasteiger charge is -2.19. The number of carbonyl (C=O) groups excluding carboxylic acids is 1. The number of hydrogen-bond donors (Lipinski definition) is 0. The second-order valence-electron chi connectivity index (χ2n) is 2.99. The molecular weight excluding hydrogens is 262 g/mol. The van der Waals surface area contributed by atoms with Gasteiger partial charge >= 0.3 is 0 Å². The largest absolute Gasteiger partial charge is 0.486 e. The van der Waals surface area contributed by atoms with E-state index in [1.807, 2.05) is 12.1 Å². The zero-order valence-corrected chi connectivity index (χ0v) is 9.41. The van der Waals surface area contributed by atoms with Gasteiger partial charge in [-0.25, -0.2) is 9.79 Å². The predicted octanol–water partition coefficient (Wildman–Crippen LogP) is 2.06. The number of hydrogen-bond acceptors (Lipinski definition) is 4. The molecule has 0 saturated carbocycles. The van der Waals surface area contributed by atoms with Crippen LogP contribution in [-0.4, -0.2) is 19.3 Å². The first-order valence-electron chi connectivity index (χ1n) is 4.43. The SMILES string of the molecule is O=C=NCc1cc2c(cc1Br)OCCO2. The Morgan fingerprint density at radius 1 is 1.33 bits per heavy atom. The van der Waals surface area contributed by atoms with E-state index in [1.165, 1.54) is 6.08 Å². The summed E-state index contributed by atoms with van der Waals surface area (Å²) in [5, 5.41) is 0. The van der Waals surface area contributed by atoms with Crippen LogP contribution in [0.3, 0.4) is 0 Å². The smallest absolute Gasteiger partial charge is 0.235 e. The van der Waals surface area contributed by atoms with Gasteiger partial charge in [-0.2, -0.15) is 0 Å². The van der Waals surface area contributed by atoms with E-state index in [0.29, 0.717) is 31.3 Å². The van der Waals surface area contributed by atoms with Crippen LogP contribution >= 0.6 is 15.9 Å². The Bertz CT molecular complexity index is 427. The maximum atomic E-state index is 10.0. The molecule has 1 aliphatic rings. The van der Waals surface area contributed by atoms with Crippen molar-refractivity contribution in [2.24, 2.45) is 4.99 Å². The summed E-state index contributed by atoms with van der Waals surface area (Å²) in [6.07, 6.45) is 1.51. The monoisotopic (exact) mass is 269 g/mol. The molecule has 0 bridgehead atoms.